The molecule has 1 aliphatic carbocycles. The van der Waals surface area contributed by atoms with Gasteiger partial charge >= 0.3 is 0 Å². The molecule has 71 valence electrons. The molecule has 0 aliphatic heterocycles. The molecular formula is C13H12F. The van der Waals surface area contributed by atoms with Gasteiger partial charge in [-0.1, -0.05) is 36.4 Å². The van der Waals surface area contributed by atoms with Crippen molar-refractivity contribution in [3.8, 4) is 0 Å². The standard InChI is InChI=1S/C13H12F/c1-2-5-13(14)12-9-8-10-6-3-4-7-11(10)12/h2,4-9,12-13H,1H3. The molecule has 2 atom stereocenters. The number of fused-ring (bicyclic) bond motifs is 1. The number of alkyl halides is 1. The van der Waals surface area contributed by atoms with Crippen LogP contribution in [0.25, 0.3) is 6.08 Å². The zero-order valence-electron chi connectivity index (χ0n) is 8.07. The Morgan fingerprint density at radius 3 is 3.21 bits per heavy atom. The van der Waals surface area contributed by atoms with Crippen LogP contribution in [0.4, 0.5) is 4.39 Å². The second kappa shape index (κ2) is 3.79. The molecule has 0 fully saturated rings. The van der Waals surface area contributed by atoms with Gasteiger partial charge in [0.1, 0.15) is 6.17 Å². The first kappa shape index (κ1) is 9.20. The Kier molecular flexibility index (Phi) is 2.49. The SMILES string of the molecule is CC=CC(F)C1C=Cc2c[c]ccc21. The van der Waals surface area contributed by atoms with Gasteiger partial charge in [-0.15, -0.1) is 0 Å². The third-order valence-corrected chi connectivity index (χ3v) is 2.49. The normalized spacial score (nSPS) is 21.4. The van der Waals surface area contributed by atoms with E-state index in [9.17, 15) is 4.39 Å². The van der Waals surface area contributed by atoms with Crippen molar-refractivity contribution in [1.29, 1.82) is 0 Å². The molecule has 0 nitrogen and oxygen atoms in total. The number of halogens is 1. The number of benzene rings is 1. The van der Waals surface area contributed by atoms with Gasteiger partial charge in [-0.25, -0.2) is 4.39 Å². The van der Waals surface area contributed by atoms with Crippen LogP contribution in [0.1, 0.15) is 24.0 Å². The lowest BCUT2D eigenvalue weighted by Crippen LogP contribution is -2.07. The molecule has 0 heterocycles. The smallest absolute Gasteiger partial charge is 0.129 e. The minimum Gasteiger partial charge on any atom is -0.242 e. The van der Waals surface area contributed by atoms with Crippen LogP contribution in [0, 0.1) is 6.07 Å². The van der Waals surface area contributed by atoms with Crippen LogP contribution in [-0.2, 0) is 0 Å². The molecule has 0 amide bonds. The van der Waals surface area contributed by atoms with Gasteiger partial charge in [0, 0.05) is 5.92 Å². The van der Waals surface area contributed by atoms with Gasteiger partial charge in [0.15, 0.2) is 0 Å². The van der Waals surface area contributed by atoms with Gasteiger partial charge in [0.25, 0.3) is 0 Å². The summed E-state index contributed by atoms with van der Waals surface area (Å²) in [5.74, 6) is -0.115. The molecule has 1 radical (unpaired) electrons. The molecule has 1 aromatic carbocycles. The Balaban J connectivity index is 2.30. The lowest BCUT2D eigenvalue weighted by molar-refractivity contribution is 0.373. The van der Waals surface area contributed by atoms with Gasteiger partial charge in [-0.05, 0) is 30.2 Å². The van der Waals surface area contributed by atoms with Crippen molar-refractivity contribution in [2.45, 2.75) is 19.0 Å². The summed E-state index contributed by atoms with van der Waals surface area (Å²) in [5.41, 5.74) is 2.15. The number of hydrogen-bond donors (Lipinski definition) is 0. The first-order chi connectivity index (χ1) is 6.83. The van der Waals surface area contributed by atoms with Crippen LogP contribution in [-0.4, -0.2) is 6.17 Å². The van der Waals surface area contributed by atoms with E-state index in [-0.39, 0.29) is 5.92 Å². The average Bonchev–Trinajstić information content (AvgIpc) is 2.61. The third kappa shape index (κ3) is 1.50. The Labute approximate surface area is 83.8 Å². The Morgan fingerprint density at radius 1 is 1.57 bits per heavy atom. The monoisotopic (exact) mass is 187 g/mol. The summed E-state index contributed by atoms with van der Waals surface area (Å²) in [4.78, 5) is 0. The summed E-state index contributed by atoms with van der Waals surface area (Å²) in [6, 6.07) is 8.66. The molecule has 2 unspecified atom stereocenters. The van der Waals surface area contributed by atoms with Gasteiger partial charge < -0.3 is 0 Å². The second-order valence-corrected chi connectivity index (χ2v) is 3.41. The molecule has 0 bridgehead atoms. The van der Waals surface area contributed by atoms with Crippen molar-refractivity contribution in [1.82, 2.24) is 0 Å². The highest BCUT2D eigenvalue weighted by Crippen LogP contribution is 2.33. The lowest BCUT2D eigenvalue weighted by Gasteiger charge is -2.12. The molecular weight excluding hydrogens is 175 g/mol. The predicted octanol–water partition coefficient (Wildman–Crippen LogP) is 3.51. The summed E-state index contributed by atoms with van der Waals surface area (Å²) in [5, 5.41) is 0. The van der Waals surface area contributed by atoms with E-state index in [0.717, 1.165) is 11.1 Å². The van der Waals surface area contributed by atoms with Crippen molar-refractivity contribution >= 4 is 6.08 Å². The van der Waals surface area contributed by atoms with Crippen LogP contribution in [0.5, 0.6) is 0 Å². The largest absolute Gasteiger partial charge is 0.242 e. The fraction of sp³-hybridized carbons (Fsp3) is 0.231. The maximum Gasteiger partial charge on any atom is 0.129 e. The van der Waals surface area contributed by atoms with Crippen LogP contribution < -0.4 is 0 Å². The van der Waals surface area contributed by atoms with E-state index < -0.39 is 6.17 Å². The molecule has 0 N–H and O–H groups in total. The van der Waals surface area contributed by atoms with E-state index in [2.05, 4.69) is 6.07 Å². The highest BCUT2D eigenvalue weighted by Gasteiger charge is 2.23. The molecule has 0 spiro atoms. The van der Waals surface area contributed by atoms with Crippen molar-refractivity contribution in [2.75, 3.05) is 0 Å². The van der Waals surface area contributed by atoms with E-state index in [1.54, 1.807) is 12.2 Å². The number of allylic oxidation sites excluding steroid dienone is 3. The number of rotatable bonds is 2. The van der Waals surface area contributed by atoms with Crippen molar-refractivity contribution in [3.05, 3.63) is 53.6 Å². The number of hydrogen-bond acceptors (Lipinski definition) is 0. The lowest BCUT2D eigenvalue weighted by atomic mass is 9.96. The average molecular weight is 187 g/mol. The Morgan fingerprint density at radius 2 is 2.43 bits per heavy atom. The molecule has 0 saturated heterocycles. The van der Waals surface area contributed by atoms with Gasteiger partial charge in [-0.3, -0.25) is 0 Å². The highest BCUT2D eigenvalue weighted by molar-refractivity contribution is 5.62. The molecule has 0 aromatic heterocycles. The fourth-order valence-corrected chi connectivity index (χ4v) is 1.80. The maximum absolute atomic E-state index is 13.6. The van der Waals surface area contributed by atoms with Crippen molar-refractivity contribution in [2.24, 2.45) is 0 Å². The quantitative estimate of drug-likeness (QED) is 0.621. The van der Waals surface area contributed by atoms with E-state index in [4.69, 9.17) is 0 Å². The minimum absolute atomic E-state index is 0.115. The van der Waals surface area contributed by atoms with E-state index in [0.29, 0.717) is 0 Å². The van der Waals surface area contributed by atoms with E-state index in [1.807, 2.05) is 37.3 Å². The van der Waals surface area contributed by atoms with Crippen molar-refractivity contribution < 1.29 is 4.39 Å². The predicted molar refractivity (Wildman–Crippen MR) is 56.8 cm³/mol. The zero-order chi connectivity index (χ0) is 9.97. The molecule has 0 saturated carbocycles. The second-order valence-electron chi connectivity index (χ2n) is 3.41. The molecule has 14 heavy (non-hydrogen) atoms. The molecule has 2 rings (SSSR count). The van der Waals surface area contributed by atoms with E-state index in [1.165, 1.54) is 0 Å². The third-order valence-electron chi connectivity index (χ3n) is 2.49. The van der Waals surface area contributed by atoms with Crippen LogP contribution >= 0.6 is 0 Å². The van der Waals surface area contributed by atoms with Gasteiger partial charge in [-0.2, -0.15) is 0 Å². The summed E-state index contributed by atoms with van der Waals surface area (Å²) >= 11 is 0. The maximum atomic E-state index is 13.6. The fourth-order valence-electron chi connectivity index (χ4n) is 1.80. The first-order valence-electron chi connectivity index (χ1n) is 4.78. The Bertz CT molecular complexity index is 377. The topological polar surface area (TPSA) is 0 Å². The molecule has 1 aromatic rings. The van der Waals surface area contributed by atoms with Crippen LogP contribution in [0.2, 0.25) is 0 Å². The summed E-state index contributed by atoms with van der Waals surface area (Å²) in [7, 11) is 0. The zero-order valence-corrected chi connectivity index (χ0v) is 8.07. The highest BCUT2D eigenvalue weighted by atomic mass is 19.1. The van der Waals surface area contributed by atoms with E-state index >= 15 is 0 Å². The van der Waals surface area contributed by atoms with Gasteiger partial charge in [0.05, 0.1) is 0 Å². The summed E-state index contributed by atoms with van der Waals surface area (Å²) in [6.07, 6.45) is 6.32. The Hall–Kier alpha value is -1.37. The minimum atomic E-state index is -0.917. The molecule has 1 aliphatic rings. The van der Waals surface area contributed by atoms with Crippen molar-refractivity contribution in [3.63, 3.8) is 0 Å². The first-order valence-corrected chi connectivity index (χ1v) is 4.78. The van der Waals surface area contributed by atoms with Crippen LogP contribution in [0.3, 0.4) is 0 Å². The summed E-state index contributed by atoms with van der Waals surface area (Å²) < 4.78 is 13.6. The van der Waals surface area contributed by atoms with Crippen LogP contribution in [0.15, 0.2) is 36.4 Å². The summed E-state index contributed by atoms with van der Waals surface area (Å²) in [6.45, 7) is 1.84. The van der Waals surface area contributed by atoms with Gasteiger partial charge in [0.2, 0.25) is 0 Å². The molecule has 1 heteroatoms.